The number of hydrogen-bond acceptors (Lipinski definition) is 8. The third-order valence-electron chi connectivity index (χ3n) is 8.00. The molecule has 2 aliphatic rings. The number of nitrogens with zero attached hydrogens (tertiary/aromatic N) is 3. The van der Waals surface area contributed by atoms with Gasteiger partial charge in [-0.2, -0.15) is 4.31 Å². The van der Waals surface area contributed by atoms with E-state index in [2.05, 4.69) is 10.5 Å². The minimum absolute atomic E-state index is 0.0139. The minimum atomic E-state index is -3.96. The molecular weight excluding hydrogens is 536 g/mol. The zero-order chi connectivity index (χ0) is 29.2. The number of sulfonamides is 1. The van der Waals surface area contributed by atoms with Gasteiger partial charge in [0.1, 0.15) is 16.7 Å². The second-order valence-electron chi connectivity index (χ2n) is 11.1. The number of amides is 2. The Kier molecular flexibility index (Phi) is 9.21. The maximum absolute atomic E-state index is 13.7. The molecule has 12 heteroatoms. The molecule has 1 fully saturated rings. The summed E-state index contributed by atoms with van der Waals surface area (Å²) < 4.78 is 39.8. The molecule has 0 radical (unpaired) electrons. The summed E-state index contributed by atoms with van der Waals surface area (Å²) >= 11 is 0. The lowest BCUT2D eigenvalue weighted by Gasteiger charge is -2.38. The number of para-hydroxylation sites is 1. The first kappa shape index (κ1) is 30.0. The summed E-state index contributed by atoms with van der Waals surface area (Å²) in [6.45, 7) is 6.72. The number of aliphatic hydroxyl groups excluding tert-OH is 1. The fraction of sp³-hybridized carbons (Fsp3) is 0.607. The Morgan fingerprint density at radius 1 is 1.25 bits per heavy atom. The molecule has 2 N–H and O–H groups in total. The number of aliphatic hydroxyl groups is 1. The normalized spacial score (nSPS) is 21.4. The van der Waals surface area contributed by atoms with E-state index in [4.69, 9.17) is 9.26 Å². The van der Waals surface area contributed by atoms with Crippen molar-refractivity contribution in [2.75, 3.05) is 32.1 Å². The van der Waals surface area contributed by atoms with Gasteiger partial charge in [-0.15, -0.1) is 0 Å². The highest BCUT2D eigenvalue weighted by atomic mass is 32.2. The van der Waals surface area contributed by atoms with Crippen molar-refractivity contribution in [1.29, 1.82) is 0 Å². The van der Waals surface area contributed by atoms with E-state index >= 15 is 0 Å². The molecule has 11 nitrogen and oxygen atoms in total. The number of fused-ring (bicyclic) bond motifs is 1. The molecule has 220 valence electrons. The molecule has 4 rings (SSSR count). The number of aromatic nitrogens is 1. The number of carbonyl (C=O) groups is 2. The van der Waals surface area contributed by atoms with Gasteiger partial charge in [-0.3, -0.25) is 9.59 Å². The van der Waals surface area contributed by atoms with Crippen LogP contribution in [0, 0.1) is 25.7 Å². The first-order valence-electron chi connectivity index (χ1n) is 13.9. The van der Waals surface area contributed by atoms with Crippen LogP contribution in [0.2, 0.25) is 0 Å². The number of hydrogen-bond donors (Lipinski definition) is 2. The number of likely N-dealkylation sites (N-methyl/N-ethyl adjacent to an activating group) is 1. The average molecular weight is 577 g/mol. The number of benzene rings is 1. The van der Waals surface area contributed by atoms with Gasteiger partial charge in [0.2, 0.25) is 15.9 Å². The van der Waals surface area contributed by atoms with Crippen molar-refractivity contribution in [3.8, 4) is 5.75 Å². The average Bonchev–Trinajstić information content (AvgIpc) is 3.29. The van der Waals surface area contributed by atoms with Crippen LogP contribution in [0.3, 0.4) is 0 Å². The van der Waals surface area contributed by atoms with Gasteiger partial charge < -0.3 is 24.6 Å². The Hall–Kier alpha value is -2.96. The summed E-state index contributed by atoms with van der Waals surface area (Å²) in [5, 5.41) is 16.7. The summed E-state index contributed by atoms with van der Waals surface area (Å²) in [7, 11) is -2.50. The monoisotopic (exact) mass is 576 g/mol. The van der Waals surface area contributed by atoms with Crippen LogP contribution in [0.5, 0.6) is 5.75 Å². The number of carbonyl (C=O) groups excluding carboxylic acids is 2. The summed E-state index contributed by atoms with van der Waals surface area (Å²) in [4.78, 5) is 28.4. The second-order valence-corrected chi connectivity index (χ2v) is 13.0. The molecular formula is C28H40N4O7S. The predicted octanol–water partition coefficient (Wildman–Crippen LogP) is 3.35. The molecule has 2 heterocycles. The Morgan fingerprint density at radius 3 is 2.58 bits per heavy atom. The van der Waals surface area contributed by atoms with Crippen molar-refractivity contribution in [2.24, 2.45) is 11.8 Å². The van der Waals surface area contributed by atoms with Gasteiger partial charge in [0, 0.05) is 25.4 Å². The van der Waals surface area contributed by atoms with Crippen molar-refractivity contribution < 1.29 is 32.4 Å². The van der Waals surface area contributed by atoms with Crippen LogP contribution >= 0.6 is 0 Å². The highest BCUT2D eigenvalue weighted by Gasteiger charge is 2.37. The molecule has 1 aromatic carbocycles. The molecule has 0 bridgehead atoms. The van der Waals surface area contributed by atoms with Gasteiger partial charge in [0.15, 0.2) is 11.5 Å². The van der Waals surface area contributed by atoms with E-state index in [1.54, 1.807) is 43.9 Å². The SMILES string of the molecule is Cc1noc(C)c1S(=O)(=O)N(C)C[C@H]1Oc2c(NC(=O)C3CCCCC3)cccc2C(=O)N([C@H](C)CO)C[C@H]1C. The van der Waals surface area contributed by atoms with E-state index in [1.165, 1.54) is 11.4 Å². The Balaban J connectivity index is 1.71. The second kappa shape index (κ2) is 12.3. The van der Waals surface area contributed by atoms with Crippen LogP contribution in [0.25, 0.3) is 0 Å². The molecule has 0 spiro atoms. The molecule has 1 aliphatic carbocycles. The maximum Gasteiger partial charge on any atom is 0.258 e. The lowest BCUT2D eigenvalue weighted by Crippen LogP contribution is -2.50. The summed E-state index contributed by atoms with van der Waals surface area (Å²) in [6.07, 6.45) is 4.05. The zero-order valence-electron chi connectivity index (χ0n) is 23.8. The Labute approximate surface area is 235 Å². The van der Waals surface area contributed by atoms with Crippen molar-refractivity contribution in [1.82, 2.24) is 14.4 Å². The number of rotatable bonds is 8. The van der Waals surface area contributed by atoms with Crippen LogP contribution in [0.1, 0.15) is 67.8 Å². The van der Waals surface area contributed by atoms with Gasteiger partial charge in [0.25, 0.3) is 5.91 Å². The van der Waals surface area contributed by atoms with E-state index in [0.29, 0.717) is 5.69 Å². The van der Waals surface area contributed by atoms with Gasteiger partial charge >= 0.3 is 0 Å². The van der Waals surface area contributed by atoms with Crippen molar-refractivity contribution in [3.63, 3.8) is 0 Å². The molecule has 1 aliphatic heterocycles. The summed E-state index contributed by atoms with van der Waals surface area (Å²) in [5.74, 6) is -0.479. The third-order valence-corrected chi connectivity index (χ3v) is 10.1. The van der Waals surface area contributed by atoms with E-state index in [1.807, 2.05) is 6.92 Å². The van der Waals surface area contributed by atoms with Crippen molar-refractivity contribution >= 4 is 27.5 Å². The van der Waals surface area contributed by atoms with E-state index in [0.717, 1.165) is 32.1 Å². The first-order valence-corrected chi connectivity index (χ1v) is 15.3. The zero-order valence-corrected chi connectivity index (χ0v) is 24.7. The smallest absolute Gasteiger partial charge is 0.258 e. The maximum atomic E-state index is 13.7. The van der Waals surface area contributed by atoms with Crippen LogP contribution < -0.4 is 10.1 Å². The summed E-state index contributed by atoms with van der Waals surface area (Å²) in [6, 6.07) is 4.53. The third kappa shape index (κ3) is 6.03. The molecule has 3 atom stereocenters. The lowest BCUT2D eigenvalue weighted by molar-refractivity contribution is -0.120. The number of ether oxygens (including phenoxy) is 1. The van der Waals surface area contributed by atoms with Crippen molar-refractivity contribution in [3.05, 3.63) is 35.2 Å². The Bertz CT molecular complexity index is 1320. The minimum Gasteiger partial charge on any atom is -0.486 e. The molecule has 1 aromatic heterocycles. The molecule has 0 unspecified atom stereocenters. The summed E-state index contributed by atoms with van der Waals surface area (Å²) in [5.41, 5.74) is 0.880. The number of nitrogens with one attached hydrogen (secondary N) is 1. The van der Waals surface area contributed by atoms with E-state index in [-0.39, 0.29) is 71.0 Å². The predicted molar refractivity (Wildman–Crippen MR) is 149 cm³/mol. The van der Waals surface area contributed by atoms with Gasteiger partial charge in [-0.1, -0.05) is 37.4 Å². The largest absolute Gasteiger partial charge is 0.486 e. The topological polar surface area (TPSA) is 142 Å². The van der Waals surface area contributed by atoms with E-state index < -0.39 is 22.2 Å². The van der Waals surface area contributed by atoms with Crippen LogP contribution in [0.15, 0.2) is 27.6 Å². The standard InChI is InChI=1S/C28H40N4O7S/c1-17-14-32(18(2)16-33)28(35)22-12-9-13-23(29-27(34)21-10-7-6-8-11-21)25(22)38-24(17)15-31(5)40(36,37)26-19(3)30-39-20(26)4/h9,12-13,17-18,21,24,33H,6-8,10-11,14-16H2,1-5H3,(H,29,34)/t17-,18-,24-/m1/s1. The van der Waals surface area contributed by atoms with Crippen LogP contribution in [0.4, 0.5) is 5.69 Å². The molecule has 40 heavy (non-hydrogen) atoms. The van der Waals surface area contributed by atoms with Gasteiger partial charge in [0.05, 0.1) is 30.4 Å². The highest BCUT2D eigenvalue weighted by molar-refractivity contribution is 7.89. The van der Waals surface area contributed by atoms with Gasteiger partial charge in [-0.25, -0.2) is 8.42 Å². The Morgan fingerprint density at radius 2 is 1.95 bits per heavy atom. The van der Waals surface area contributed by atoms with Crippen molar-refractivity contribution in [2.45, 2.75) is 76.8 Å². The molecule has 2 amide bonds. The quantitative estimate of drug-likeness (QED) is 0.487. The molecule has 0 saturated heterocycles. The highest BCUT2D eigenvalue weighted by Crippen LogP contribution is 2.36. The lowest BCUT2D eigenvalue weighted by atomic mass is 9.88. The van der Waals surface area contributed by atoms with E-state index in [9.17, 15) is 23.1 Å². The number of aryl methyl sites for hydroxylation is 2. The number of anilines is 1. The molecule has 2 aromatic rings. The molecule has 1 saturated carbocycles. The fourth-order valence-electron chi connectivity index (χ4n) is 5.51. The van der Waals surface area contributed by atoms with Gasteiger partial charge in [-0.05, 0) is 45.7 Å². The fourth-order valence-corrected chi connectivity index (χ4v) is 6.98. The van der Waals surface area contributed by atoms with Crippen LogP contribution in [-0.2, 0) is 14.8 Å². The van der Waals surface area contributed by atoms with Crippen LogP contribution in [-0.4, -0.2) is 78.6 Å². The first-order chi connectivity index (χ1) is 18.9.